The van der Waals surface area contributed by atoms with Crippen LogP contribution < -0.4 is 5.32 Å². The number of carbonyl (C=O) groups is 1. The fraction of sp³-hybridized carbons (Fsp3) is 0.281. The number of nitrogens with zero attached hydrogens (tertiary/aromatic N) is 1. The zero-order valence-electron chi connectivity index (χ0n) is 20.3. The van der Waals surface area contributed by atoms with Gasteiger partial charge in [-0.25, -0.2) is 0 Å². The van der Waals surface area contributed by atoms with Gasteiger partial charge in [0.2, 0.25) is 0 Å². The number of nitrogens with one attached hydrogen (secondary N) is 1. The Labute approximate surface area is 207 Å². The van der Waals surface area contributed by atoms with E-state index in [1.165, 1.54) is 40.1 Å². The minimum Gasteiger partial charge on any atom is -0.345 e. The Morgan fingerprint density at radius 3 is 2.46 bits per heavy atom. The average molecular weight is 461 g/mol. The fourth-order valence-electron chi connectivity index (χ4n) is 5.94. The molecule has 1 N–H and O–H groups in total. The lowest BCUT2D eigenvalue weighted by Crippen LogP contribution is -2.30. The molecule has 2 unspecified atom stereocenters. The summed E-state index contributed by atoms with van der Waals surface area (Å²) in [6.07, 6.45) is 6.64. The molecule has 0 saturated carbocycles. The molecule has 4 aromatic rings. The SMILES string of the molecule is CC1CCc2c(cc(-c3ccccc3)n2-c2ccc(C(=O)NC3CCCc4ccccc43)cc2)C1. The molecule has 1 heterocycles. The topological polar surface area (TPSA) is 34.0 Å². The van der Waals surface area contributed by atoms with Crippen molar-refractivity contribution in [1.82, 2.24) is 9.88 Å². The lowest BCUT2D eigenvalue weighted by Gasteiger charge is -2.26. The molecule has 1 amide bonds. The normalized spacial score (nSPS) is 19.0. The molecule has 3 heteroatoms. The number of rotatable bonds is 4. The molecule has 176 valence electrons. The number of aryl methyl sites for hydroxylation is 1. The quantitative estimate of drug-likeness (QED) is 0.347. The highest BCUT2D eigenvalue weighted by atomic mass is 16.1. The van der Waals surface area contributed by atoms with Gasteiger partial charge in [-0.1, -0.05) is 61.5 Å². The standard InChI is InChI=1S/C32H32N2O/c1-22-14-19-30-26(20-22)21-31(24-9-3-2-4-10-24)34(30)27-17-15-25(16-18-27)32(35)33-29-13-7-11-23-8-5-6-12-28(23)29/h2-6,8-10,12,15-18,21-22,29H,7,11,13-14,19-20H2,1H3,(H,33,35). The van der Waals surface area contributed by atoms with Crippen LogP contribution in [0.1, 0.15) is 65.0 Å². The molecule has 3 nitrogen and oxygen atoms in total. The third-order valence-corrected chi connectivity index (χ3v) is 7.77. The second kappa shape index (κ2) is 9.22. The Morgan fingerprint density at radius 1 is 0.857 bits per heavy atom. The van der Waals surface area contributed by atoms with E-state index in [-0.39, 0.29) is 11.9 Å². The van der Waals surface area contributed by atoms with E-state index in [4.69, 9.17) is 0 Å². The van der Waals surface area contributed by atoms with Crippen molar-refractivity contribution in [2.75, 3.05) is 0 Å². The molecular formula is C32H32N2O. The lowest BCUT2D eigenvalue weighted by molar-refractivity contribution is 0.0933. The maximum Gasteiger partial charge on any atom is 0.251 e. The van der Waals surface area contributed by atoms with Crippen LogP contribution in [0, 0.1) is 5.92 Å². The zero-order valence-corrected chi connectivity index (χ0v) is 20.3. The van der Waals surface area contributed by atoms with Crippen molar-refractivity contribution >= 4 is 5.91 Å². The van der Waals surface area contributed by atoms with Crippen LogP contribution in [0.4, 0.5) is 0 Å². The first kappa shape index (κ1) is 21.9. The molecule has 35 heavy (non-hydrogen) atoms. The van der Waals surface area contributed by atoms with E-state index in [0.717, 1.165) is 43.7 Å². The summed E-state index contributed by atoms with van der Waals surface area (Å²) in [5.74, 6) is 0.725. The van der Waals surface area contributed by atoms with Gasteiger partial charge >= 0.3 is 0 Å². The first-order chi connectivity index (χ1) is 17.2. The first-order valence-electron chi connectivity index (χ1n) is 13.0. The third-order valence-electron chi connectivity index (χ3n) is 7.77. The monoisotopic (exact) mass is 460 g/mol. The molecular weight excluding hydrogens is 428 g/mol. The number of amides is 1. The van der Waals surface area contributed by atoms with Gasteiger partial charge in [-0.3, -0.25) is 4.79 Å². The summed E-state index contributed by atoms with van der Waals surface area (Å²) in [5, 5.41) is 3.29. The van der Waals surface area contributed by atoms with E-state index < -0.39 is 0 Å². The molecule has 6 rings (SSSR count). The second-order valence-corrected chi connectivity index (χ2v) is 10.2. The zero-order chi connectivity index (χ0) is 23.8. The van der Waals surface area contributed by atoms with Crippen molar-refractivity contribution in [3.05, 3.63) is 113 Å². The van der Waals surface area contributed by atoms with E-state index in [1.807, 2.05) is 12.1 Å². The van der Waals surface area contributed by atoms with Crippen molar-refractivity contribution in [1.29, 1.82) is 0 Å². The number of benzene rings is 3. The maximum atomic E-state index is 13.2. The van der Waals surface area contributed by atoms with Crippen molar-refractivity contribution in [3.63, 3.8) is 0 Å². The third kappa shape index (κ3) is 4.20. The van der Waals surface area contributed by atoms with Crippen molar-refractivity contribution < 1.29 is 4.79 Å². The number of carbonyl (C=O) groups excluding carboxylic acids is 1. The maximum absolute atomic E-state index is 13.2. The predicted octanol–water partition coefficient (Wildman–Crippen LogP) is 7.08. The molecule has 2 aliphatic rings. The highest BCUT2D eigenvalue weighted by Crippen LogP contribution is 2.35. The van der Waals surface area contributed by atoms with Crippen LogP contribution in [0.15, 0.2) is 84.9 Å². The van der Waals surface area contributed by atoms with E-state index in [1.54, 1.807) is 0 Å². The van der Waals surface area contributed by atoms with Crippen molar-refractivity contribution in [3.8, 4) is 16.9 Å². The van der Waals surface area contributed by atoms with Crippen molar-refractivity contribution in [2.45, 2.75) is 51.5 Å². The molecule has 0 radical (unpaired) electrons. The van der Waals surface area contributed by atoms with Gasteiger partial charge in [-0.15, -0.1) is 0 Å². The largest absolute Gasteiger partial charge is 0.345 e. The number of fused-ring (bicyclic) bond motifs is 2. The molecule has 2 atom stereocenters. The Hall–Kier alpha value is -3.59. The van der Waals surface area contributed by atoms with Crippen molar-refractivity contribution in [2.24, 2.45) is 5.92 Å². The van der Waals surface area contributed by atoms with Gasteiger partial charge < -0.3 is 9.88 Å². The smallest absolute Gasteiger partial charge is 0.251 e. The summed E-state index contributed by atoms with van der Waals surface area (Å²) >= 11 is 0. The minimum atomic E-state index is 0.00453. The van der Waals surface area contributed by atoms with Crippen LogP contribution in [0.2, 0.25) is 0 Å². The summed E-state index contributed by atoms with van der Waals surface area (Å²) in [6.45, 7) is 2.35. The van der Waals surface area contributed by atoms with Crippen LogP contribution in [0.25, 0.3) is 16.9 Å². The summed E-state index contributed by atoms with van der Waals surface area (Å²) in [7, 11) is 0. The van der Waals surface area contributed by atoms with E-state index in [9.17, 15) is 4.79 Å². The summed E-state index contributed by atoms with van der Waals surface area (Å²) in [6, 6.07) is 29.8. The van der Waals surface area contributed by atoms with Gasteiger partial charge in [0.25, 0.3) is 5.91 Å². The minimum absolute atomic E-state index is 0.00453. The summed E-state index contributed by atoms with van der Waals surface area (Å²) in [5.41, 5.74) is 9.81. The molecule has 3 aromatic carbocycles. The molecule has 2 aliphatic carbocycles. The Kier molecular flexibility index (Phi) is 5.77. The van der Waals surface area contributed by atoms with Gasteiger partial charge in [-0.2, -0.15) is 0 Å². The van der Waals surface area contributed by atoms with E-state index in [2.05, 4.69) is 89.6 Å². The average Bonchev–Trinajstić information content (AvgIpc) is 3.28. The number of hydrogen-bond acceptors (Lipinski definition) is 1. The Balaban J connectivity index is 1.30. The summed E-state index contributed by atoms with van der Waals surface area (Å²) in [4.78, 5) is 13.2. The fourth-order valence-corrected chi connectivity index (χ4v) is 5.94. The van der Waals surface area contributed by atoms with Gasteiger partial charge in [0, 0.05) is 16.9 Å². The van der Waals surface area contributed by atoms with Gasteiger partial charge in [0.1, 0.15) is 0 Å². The van der Waals surface area contributed by atoms with Gasteiger partial charge in [0.05, 0.1) is 11.7 Å². The highest BCUT2D eigenvalue weighted by molar-refractivity contribution is 5.94. The van der Waals surface area contributed by atoms with Gasteiger partial charge in [0.15, 0.2) is 0 Å². The number of aromatic nitrogens is 1. The number of hydrogen-bond donors (Lipinski definition) is 1. The van der Waals surface area contributed by atoms with Crippen LogP contribution in [0.5, 0.6) is 0 Å². The summed E-state index contributed by atoms with van der Waals surface area (Å²) < 4.78 is 2.41. The molecule has 0 fully saturated rings. The molecule has 1 aromatic heterocycles. The molecule has 0 bridgehead atoms. The molecule has 0 aliphatic heterocycles. The van der Waals surface area contributed by atoms with E-state index >= 15 is 0 Å². The lowest BCUT2D eigenvalue weighted by atomic mass is 9.87. The van der Waals surface area contributed by atoms with Crippen LogP contribution in [-0.4, -0.2) is 10.5 Å². The van der Waals surface area contributed by atoms with Crippen LogP contribution in [-0.2, 0) is 19.3 Å². The highest BCUT2D eigenvalue weighted by Gasteiger charge is 2.24. The Morgan fingerprint density at radius 2 is 1.63 bits per heavy atom. The van der Waals surface area contributed by atoms with Crippen LogP contribution >= 0.6 is 0 Å². The molecule has 0 spiro atoms. The predicted molar refractivity (Wildman–Crippen MR) is 142 cm³/mol. The molecule has 0 saturated heterocycles. The Bertz CT molecular complexity index is 1350. The second-order valence-electron chi connectivity index (χ2n) is 10.2. The van der Waals surface area contributed by atoms with Gasteiger partial charge in [-0.05, 0) is 97.0 Å². The van der Waals surface area contributed by atoms with E-state index in [0.29, 0.717) is 5.56 Å². The first-order valence-corrected chi connectivity index (χ1v) is 13.0. The van der Waals surface area contributed by atoms with Crippen LogP contribution in [0.3, 0.4) is 0 Å².